The van der Waals surface area contributed by atoms with Crippen LogP contribution in [0.15, 0.2) is 36.4 Å². The Morgan fingerprint density at radius 3 is 2.83 bits per heavy atom. The van der Waals surface area contributed by atoms with Gasteiger partial charge in [-0.05, 0) is 67.1 Å². The molecule has 0 aliphatic heterocycles. The first-order chi connectivity index (χ1) is 14.0. The number of hydrogen-bond acceptors (Lipinski definition) is 5. The molecule has 0 bridgehead atoms. The number of ether oxygens (including phenoxy) is 2. The van der Waals surface area contributed by atoms with Crippen molar-refractivity contribution >= 4 is 30.0 Å². The summed E-state index contributed by atoms with van der Waals surface area (Å²) >= 11 is 5.79. The van der Waals surface area contributed by atoms with Crippen molar-refractivity contribution in [2.24, 2.45) is 0 Å². The Balaban J connectivity index is 0.00000320. The van der Waals surface area contributed by atoms with Crippen LogP contribution < -0.4 is 10.1 Å². The first kappa shape index (κ1) is 24.4. The first-order valence-electron chi connectivity index (χ1n) is 9.73. The van der Waals surface area contributed by atoms with E-state index >= 15 is 0 Å². The molecule has 5 nitrogen and oxygen atoms in total. The van der Waals surface area contributed by atoms with E-state index < -0.39 is 11.9 Å². The van der Waals surface area contributed by atoms with Gasteiger partial charge in [-0.1, -0.05) is 23.7 Å². The zero-order valence-corrected chi connectivity index (χ0v) is 18.3. The summed E-state index contributed by atoms with van der Waals surface area (Å²) in [5, 5.41) is 13.7. The zero-order chi connectivity index (χ0) is 20.8. The van der Waals surface area contributed by atoms with Gasteiger partial charge in [-0.2, -0.15) is 0 Å². The number of fused-ring (bicyclic) bond motifs is 1. The molecule has 2 aromatic rings. The van der Waals surface area contributed by atoms with Crippen LogP contribution in [0.5, 0.6) is 5.75 Å². The second kappa shape index (κ2) is 11.5. The number of carbonyl (C=O) groups is 1. The van der Waals surface area contributed by atoms with Crippen LogP contribution in [0.1, 0.15) is 36.1 Å². The van der Waals surface area contributed by atoms with Gasteiger partial charge in [0.15, 0.2) is 6.61 Å². The molecule has 8 heteroatoms. The fourth-order valence-corrected chi connectivity index (χ4v) is 3.65. The Bertz CT molecular complexity index is 865. The third-order valence-electron chi connectivity index (χ3n) is 5.00. The summed E-state index contributed by atoms with van der Waals surface area (Å²) in [6.07, 6.45) is 1.90. The lowest BCUT2D eigenvalue weighted by atomic mass is 9.88. The summed E-state index contributed by atoms with van der Waals surface area (Å²) in [7, 11) is 0. The number of aryl methyl sites for hydroxylation is 1. The van der Waals surface area contributed by atoms with Crippen molar-refractivity contribution < 1.29 is 23.8 Å². The number of esters is 1. The van der Waals surface area contributed by atoms with Crippen LogP contribution in [0.25, 0.3) is 0 Å². The molecule has 3 rings (SSSR count). The highest BCUT2D eigenvalue weighted by atomic mass is 35.5. The van der Waals surface area contributed by atoms with Crippen molar-refractivity contribution in [1.29, 1.82) is 0 Å². The van der Waals surface area contributed by atoms with Crippen LogP contribution in [0, 0.1) is 5.82 Å². The number of rotatable bonds is 8. The lowest BCUT2D eigenvalue weighted by Crippen LogP contribution is -2.37. The van der Waals surface area contributed by atoms with Gasteiger partial charge in [0, 0.05) is 12.6 Å². The van der Waals surface area contributed by atoms with Gasteiger partial charge >= 0.3 is 5.97 Å². The van der Waals surface area contributed by atoms with Gasteiger partial charge in [0.1, 0.15) is 11.6 Å². The topological polar surface area (TPSA) is 67.8 Å². The highest BCUT2D eigenvalue weighted by Gasteiger charge is 2.20. The molecule has 30 heavy (non-hydrogen) atoms. The molecule has 0 fully saturated rings. The minimum Gasteiger partial charge on any atom is -0.482 e. The van der Waals surface area contributed by atoms with Crippen molar-refractivity contribution in [2.45, 2.75) is 38.3 Å². The Hall–Kier alpha value is -1.86. The van der Waals surface area contributed by atoms with Gasteiger partial charge in [0.05, 0.1) is 17.7 Å². The molecule has 0 spiro atoms. The second-order valence-corrected chi connectivity index (χ2v) is 7.47. The smallest absolute Gasteiger partial charge is 0.344 e. The number of aliphatic hydroxyl groups is 1. The average molecular weight is 458 g/mol. The molecule has 0 radical (unpaired) electrons. The maximum atomic E-state index is 13.3. The number of hydrogen-bond donors (Lipinski definition) is 2. The van der Waals surface area contributed by atoms with E-state index in [1.807, 2.05) is 18.2 Å². The number of benzene rings is 2. The normalized spacial score (nSPS) is 16.2. The van der Waals surface area contributed by atoms with Crippen molar-refractivity contribution in [3.8, 4) is 5.75 Å². The van der Waals surface area contributed by atoms with Gasteiger partial charge in [-0.3, -0.25) is 0 Å². The molecule has 0 saturated heterocycles. The third-order valence-corrected chi connectivity index (χ3v) is 5.29. The number of aliphatic hydroxyl groups excluding tert-OH is 1. The molecular weight excluding hydrogens is 432 g/mol. The van der Waals surface area contributed by atoms with Crippen molar-refractivity contribution in [3.63, 3.8) is 0 Å². The van der Waals surface area contributed by atoms with Gasteiger partial charge < -0.3 is 19.9 Å². The molecule has 2 atom stereocenters. The van der Waals surface area contributed by atoms with E-state index in [1.165, 1.54) is 23.8 Å². The predicted octanol–water partition coefficient (Wildman–Crippen LogP) is 4.02. The fourth-order valence-electron chi connectivity index (χ4n) is 3.46. The summed E-state index contributed by atoms with van der Waals surface area (Å²) in [4.78, 5) is 11.5. The van der Waals surface area contributed by atoms with E-state index in [9.17, 15) is 14.3 Å². The monoisotopic (exact) mass is 457 g/mol. The molecule has 0 heterocycles. The van der Waals surface area contributed by atoms with E-state index in [0.29, 0.717) is 24.5 Å². The van der Waals surface area contributed by atoms with Crippen LogP contribution in [0.3, 0.4) is 0 Å². The molecule has 0 amide bonds. The molecule has 0 saturated carbocycles. The van der Waals surface area contributed by atoms with Gasteiger partial charge in [-0.25, -0.2) is 9.18 Å². The minimum absolute atomic E-state index is 0. The Morgan fingerprint density at radius 2 is 2.10 bits per heavy atom. The summed E-state index contributed by atoms with van der Waals surface area (Å²) < 4.78 is 23.7. The third kappa shape index (κ3) is 6.57. The van der Waals surface area contributed by atoms with Gasteiger partial charge in [0.25, 0.3) is 0 Å². The summed E-state index contributed by atoms with van der Waals surface area (Å²) in [6.45, 7) is 2.32. The van der Waals surface area contributed by atoms with E-state index in [4.69, 9.17) is 21.1 Å². The summed E-state index contributed by atoms with van der Waals surface area (Å²) in [5.41, 5.74) is 3.00. The van der Waals surface area contributed by atoms with Crippen LogP contribution in [0.2, 0.25) is 5.02 Å². The highest BCUT2D eigenvalue weighted by molar-refractivity contribution is 6.30. The second-order valence-electron chi connectivity index (χ2n) is 7.06. The summed E-state index contributed by atoms with van der Waals surface area (Å²) in [6, 6.07) is 10.3. The standard InChI is InChI=1S/C22H25ClFNO4.ClH/c1-2-28-22(27)13-29-18-7-4-14-3-6-17(9-16(14)10-18)25-12-21(26)15-5-8-20(24)19(23)11-15;/h4-5,7-8,10-11,17,21,25-26H,2-3,6,9,12-13H2,1H3;1H/t17?,21-;/m1./s1. The molecule has 164 valence electrons. The molecule has 2 N–H and O–H groups in total. The number of nitrogens with one attached hydrogen (secondary N) is 1. The predicted molar refractivity (Wildman–Crippen MR) is 116 cm³/mol. The first-order valence-corrected chi connectivity index (χ1v) is 10.1. The molecule has 1 aliphatic rings. The maximum absolute atomic E-state index is 13.3. The molecular formula is C22H26Cl2FNO4. The van der Waals surface area contributed by atoms with Crippen LogP contribution in [-0.4, -0.2) is 36.9 Å². The minimum atomic E-state index is -0.770. The number of carbonyl (C=O) groups excluding carboxylic acids is 1. The highest BCUT2D eigenvalue weighted by Crippen LogP contribution is 2.26. The van der Waals surface area contributed by atoms with Gasteiger partial charge in [-0.15, -0.1) is 12.4 Å². The fraction of sp³-hybridized carbons (Fsp3) is 0.409. The lowest BCUT2D eigenvalue weighted by molar-refractivity contribution is -0.145. The molecule has 1 unspecified atom stereocenters. The van der Waals surface area contributed by atoms with E-state index in [0.717, 1.165) is 24.8 Å². The zero-order valence-electron chi connectivity index (χ0n) is 16.7. The summed E-state index contributed by atoms with van der Waals surface area (Å²) in [5.74, 6) is -0.251. The molecule has 2 aromatic carbocycles. The van der Waals surface area contributed by atoms with E-state index in [1.54, 1.807) is 6.92 Å². The van der Waals surface area contributed by atoms with Crippen molar-refractivity contribution in [2.75, 3.05) is 19.8 Å². The van der Waals surface area contributed by atoms with Gasteiger partial charge in [0.2, 0.25) is 0 Å². The lowest BCUT2D eigenvalue weighted by Gasteiger charge is -2.27. The Labute approximate surface area is 186 Å². The molecule has 0 aromatic heterocycles. The average Bonchev–Trinajstić information content (AvgIpc) is 2.72. The number of halogens is 3. The Kier molecular flexibility index (Phi) is 9.37. The quantitative estimate of drug-likeness (QED) is 0.585. The van der Waals surface area contributed by atoms with Crippen LogP contribution in [0.4, 0.5) is 4.39 Å². The van der Waals surface area contributed by atoms with E-state index in [2.05, 4.69) is 5.32 Å². The van der Waals surface area contributed by atoms with E-state index in [-0.39, 0.29) is 36.0 Å². The SMILES string of the molecule is CCOC(=O)COc1ccc2c(c1)CC(NC[C@@H](O)c1ccc(F)c(Cl)c1)CC2.Cl. The van der Waals surface area contributed by atoms with Crippen LogP contribution in [-0.2, 0) is 22.4 Å². The molecule has 1 aliphatic carbocycles. The largest absolute Gasteiger partial charge is 0.482 e. The van der Waals surface area contributed by atoms with Crippen molar-refractivity contribution in [3.05, 3.63) is 63.9 Å². The van der Waals surface area contributed by atoms with Crippen LogP contribution >= 0.6 is 24.0 Å². The maximum Gasteiger partial charge on any atom is 0.344 e. The van der Waals surface area contributed by atoms with Crippen molar-refractivity contribution in [1.82, 2.24) is 5.32 Å². The Morgan fingerprint density at radius 1 is 1.30 bits per heavy atom.